The molecule has 0 aliphatic carbocycles. The van der Waals surface area contributed by atoms with Crippen LogP contribution in [0.3, 0.4) is 0 Å². The fraction of sp³-hybridized carbons (Fsp3) is 0.263. The molecule has 0 bridgehead atoms. The van der Waals surface area contributed by atoms with Crippen LogP contribution < -0.4 is 10.6 Å². The van der Waals surface area contributed by atoms with Crippen molar-refractivity contribution in [3.63, 3.8) is 0 Å². The zero-order valence-electron chi connectivity index (χ0n) is 15.6. The Hall–Kier alpha value is -2.72. The van der Waals surface area contributed by atoms with Crippen LogP contribution in [0.25, 0.3) is 0 Å². The predicted molar refractivity (Wildman–Crippen MR) is 109 cm³/mol. The van der Waals surface area contributed by atoms with E-state index in [-0.39, 0.29) is 34.3 Å². The number of carbonyl (C=O) groups excluding carboxylic acids is 2. The van der Waals surface area contributed by atoms with Gasteiger partial charge in [0.05, 0.1) is 21.7 Å². The molecule has 10 heteroatoms. The third-order valence-electron chi connectivity index (χ3n) is 4.54. The molecule has 0 radical (unpaired) electrons. The van der Waals surface area contributed by atoms with E-state index in [4.69, 9.17) is 0 Å². The van der Waals surface area contributed by atoms with Gasteiger partial charge in [0.15, 0.2) is 19.7 Å². The summed E-state index contributed by atoms with van der Waals surface area (Å²) >= 11 is 0. The van der Waals surface area contributed by atoms with Gasteiger partial charge in [-0.3, -0.25) is 9.59 Å². The Morgan fingerprint density at radius 2 is 1.48 bits per heavy atom. The minimum atomic E-state index is -3.77. The van der Waals surface area contributed by atoms with Gasteiger partial charge in [-0.15, -0.1) is 0 Å². The molecule has 1 saturated heterocycles. The van der Waals surface area contributed by atoms with E-state index in [0.29, 0.717) is 11.4 Å². The zero-order chi connectivity index (χ0) is 21.2. The fourth-order valence-electron chi connectivity index (χ4n) is 3.04. The van der Waals surface area contributed by atoms with Crippen molar-refractivity contribution in [2.45, 2.75) is 23.5 Å². The van der Waals surface area contributed by atoms with E-state index in [1.807, 2.05) is 0 Å². The van der Waals surface area contributed by atoms with Crippen LogP contribution in [0.2, 0.25) is 0 Å². The summed E-state index contributed by atoms with van der Waals surface area (Å²) in [6.45, 7) is 1.39. The van der Waals surface area contributed by atoms with E-state index >= 15 is 0 Å². The lowest BCUT2D eigenvalue weighted by Gasteiger charge is -2.11. The fourth-order valence-corrected chi connectivity index (χ4v) is 7.40. The molecule has 0 spiro atoms. The van der Waals surface area contributed by atoms with Gasteiger partial charge in [-0.2, -0.15) is 0 Å². The van der Waals surface area contributed by atoms with Gasteiger partial charge in [-0.05, 0) is 55.0 Å². The summed E-state index contributed by atoms with van der Waals surface area (Å²) in [6, 6.07) is 11.9. The highest BCUT2D eigenvalue weighted by Gasteiger charge is 2.37. The van der Waals surface area contributed by atoms with Crippen LogP contribution in [0.15, 0.2) is 53.4 Å². The number of sulfone groups is 2. The summed E-state index contributed by atoms with van der Waals surface area (Å²) in [4.78, 5) is 23.4. The number of amides is 2. The lowest BCUT2D eigenvalue weighted by molar-refractivity contribution is -0.114. The van der Waals surface area contributed by atoms with Gasteiger partial charge in [-0.25, -0.2) is 16.8 Å². The van der Waals surface area contributed by atoms with Crippen LogP contribution in [-0.2, 0) is 24.5 Å². The molecule has 0 aromatic heterocycles. The van der Waals surface area contributed by atoms with Gasteiger partial charge in [0.2, 0.25) is 5.91 Å². The number of rotatable bonds is 5. The smallest absolute Gasteiger partial charge is 0.255 e. The molecule has 2 aromatic carbocycles. The molecule has 154 valence electrons. The summed E-state index contributed by atoms with van der Waals surface area (Å²) in [5.74, 6) is -1.12. The van der Waals surface area contributed by atoms with Gasteiger partial charge < -0.3 is 10.6 Å². The minimum absolute atomic E-state index is 0.00388. The van der Waals surface area contributed by atoms with Gasteiger partial charge in [0.25, 0.3) is 5.91 Å². The molecule has 0 unspecified atom stereocenters. The van der Waals surface area contributed by atoms with Gasteiger partial charge >= 0.3 is 0 Å². The Labute approximate surface area is 169 Å². The molecular formula is C19H20N2O6S2. The van der Waals surface area contributed by atoms with Crippen LogP contribution in [-0.4, -0.2) is 45.4 Å². The quantitative estimate of drug-likeness (QED) is 0.737. The number of nitrogens with one attached hydrogen (secondary N) is 2. The Bertz CT molecular complexity index is 1140. The monoisotopic (exact) mass is 436 g/mol. The molecule has 1 fully saturated rings. The third kappa shape index (κ3) is 5.01. The van der Waals surface area contributed by atoms with E-state index < -0.39 is 30.8 Å². The van der Waals surface area contributed by atoms with Gasteiger partial charge in [0.1, 0.15) is 0 Å². The van der Waals surface area contributed by atoms with Gasteiger partial charge in [0, 0.05) is 23.9 Å². The van der Waals surface area contributed by atoms with Crippen LogP contribution in [0.1, 0.15) is 23.7 Å². The summed E-state index contributed by atoms with van der Waals surface area (Å²) < 4.78 is 48.4. The normalized spacial score (nSPS) is 18.2. The molecular weight excluding hydrogens is 416 g/mol. The van der Waals surface area contributed by atoms with Crippen molar-refractivity contribution < 1.29 is 26.4 Å². The summed E-state index contributed by atoms with van der Waals surface area (Å²) in [5.41, 5.74) is 1.37. The molecule has 1 aliphatic heterocycles. The second kappa shape index (κ2) is 7.96. The van der Waals surface area contributed by atoms with Crippen LogP contribution in [0.5, 0.6) is 0 Å². The predicted octanol–water partition coefficient (Wildman–Crippen LogP) is 1.86. The first-order valence-corrected chi connectivity index (χ1v) is 12.2. The Morgan fingerprint density at radius 3 is 1.97 bits per heavy atom. The Balaban J connectivity index is 1.69. The average molecular weight is 437 g/mol. The second-order valence-corrected chi connectivity index (χ2v) is 11.3. The topological polar surface area (TPSA) is 126 Å². The minimum Gasteiger partial charge on any atom is -0.326 e. The van der Waals surface area contributed by atoms with Crippen LogP contribution in [0, 0.1) is 0 Å². The molecule has 2 amide bonds. The number of hydrogen-bond donors (Lipinski definition) is 2. The maximum Gasteiger partial charge on any atom is 0.255 e. The van der Waals surface area contributed by atoms with Crippen molar-refractivity contribution in [2.75, 3.05) is 22.1 Å². The standard InChI is InChI=1S/C19H20N2O6S2/c1-13(22)20-15-4-6-16(7-5-15)21-19(23)14-2-8-17(9-3-14)29(26,27)18-10-11-28(24,25)12-18/h2-9,18H,10-12H2,1H3,(H,20,22)(H,21,23)/t18-/m0/s1. The molecule has 29 heavy (non-hydrogen) atoms. The van der Waals surface area contributed by atoms with Crippen molar-refractivity contribution in [1.82, 2.24) is 0 Å². The highest BCUT2D eigenvalue weighted by Crippen LogP contribution is 2.25. The summed E-state index contributed by atoms with van der Waals surface area (Å²) in [7, 11) is -7.09. The molecule has 2 N–H and O–H groups in total. The molecule has 1 aliphatic rings. The summed E-state index contributed by atoms with van der Waals surface area (Å²) in [6.07, 6.45) is 0.0847. The maximum absolute atomic E-state index is 12.6. The molecule has 1 heterocycles. The molecule has 0 saturated carbocycles. The number of anilines is 2. The molecule has 8 nitrogen and oxygen atoms in total. The number of benzene rings is 2. The van der Waals surface area contributed by atoms with Crippen molar-refractivity contribution >= 4 is 42.9 Å². The zero-order valence-corrected chi connectivity index (χ0v) is 17.2. The first-order chi connectivity index (χ1) is 13.6. The van der Waals surface area contributed by atoms with E-state index in [1.165, 1.54) is 31.2 Å². The van der Waals surface area contributed by atoms with Crippen molar-refractivity contribution in [1.29, 1.82) is 0 Å². The van der Waals surface area contributed by atoms with Gasteiger partial charge in [-0.1, -0.05) is 0 Å². The van der Waals surface area contributed by atoms with Crippen molar-refractivity contribution in [3.8, 4) is 0 Å². The second-order valence-electron chi connectivity index (χ2n) is 6.81. The Kier molecular flexibility index (Phi) is 5.76. The third-order valence-corrected chi connectivity index (χ3v) is 8.73. The average Bonchev–Trinajstić information content (AvgIpc) is 3.03. The Morgan fingerprint density at radius 1 is 0.931 bits per heavy atom. The van der Waals surface area contributed by atoms with E-state index in [1.54, 1.807) is 24.3 Å². The largest absolute Gasteiger partial charge is 0.326 e. The number of hydrogen-bond acceptors (Lipinski definition) is 6. The van der Waals surface area contributed by atoms with Crippen molar-refractivity contribution in [2.24, 2.45) is 0 Å². The molecule has 2 aromatic rings. The van der Waals surface area contributed by atoms with Crippen LogP contribution >= 0.6 is 0 Å². The SMILES string of the molecule is CC(=O)Nc1ccc(NC(=O)c2ccc(S(=O)(=O)[C@H]3CCS(=O)(=O)C3)cc2)cc1. The van der Waals surface area contributed by atoms with E-state index in [2.05, 4.69) is 10.6 Å². The highest BCUT2D eigenvalue weighted by molar-refractivity contribution is 7.96. The lowest BCUT2D eigenvalue weighted by Crippen LogP contribution is -2.22. The lowest BCUT2D eigenvalue weighted by atomic mass is 10.2. The first kappa shape index (κ1) is 21.0. The highest BCUT2D eigenvalue weighted by atomic mass is 32.2. The number of carbonyl (C=O) groups is 2. The molecule has 3 rings (SSSR count). The first-order valence-electron chi connectivity index (χ1n) is 8.80. The maximum atomic E-state index is 12.6. The summed E-state index contributed by atoms with van der Waals surface area (Å²) in [5, 5.41) is 4.35. The molecule has 1 atom stereocenters. The van der Waals surface area contributed by atoms with E-state index in [9.17, 15) is 26.4 Å². The van der Waals surface area contributed by atoms with Crippen LogP contribution in [0.4, 0.5) is 11.4 Å². The van der Waals surface area contributed by atoms with Crippen molar-refractivity contribution in [3.05, 3.63) is 54.1 Å². The van der Waals surface area contributed by atoms with E-state index in [0.717, 1.165) is 0 Å².